The summed E-state index contributed by atoms with van der Waals surface area (Å²) in [6.07, 6.45) is 2.42. The summed E-state index contributed by atoms with van der Waals surface area (Å²) in [5.74, 6) is -0.176. The zero-order chi connectivity index (χ0) is 29.1. The Balaban J connectivity index is 1.33. The minimum Gasteiger partial charge on any atom is -0.438 e. The van der Waals surface area contributed by atoms with Crippen LogP contribution >= 0.6 is 20.0 Å². The Bertz CT molecular complexity index is 1410. The highest BCUT2D eigenvalue weighted by molar-refractivity contribution is 7.99. The third-order valence-electron chi connectivity index (χ3n) is 6.14. The summed E-state index contributed by atoms with van der Waals surface area (Å²) in [5, 5.41) is 11.5. The second-order valence-electron chi connectivity index (χ2n) is 10.2. The molecule has 40 heavy (non-hydrogen) atoms. The fourth-order valence-corrected chi connectivity index (χ4v) is 5.07. The van der Waals surface area contributed by atoms with Crippen molar-refractivity contribution < 1.29 is 32.8 Å². The average molecular weight is 594 g/mol. The van der Waals surface area contributed by atoms with E-state index in [1.54, 1.807) is 39.2 Å². The average Bonchev–Trinajstić information content (AvgIpc) is 3.33. The highest BCUT2D eigenvalue weighted by atomic mass is 32.2. The Morgan fingerprint density at radius 1 is 1.32 bits per heavy atom. The first kappa shape index (κ1) is 29.9. The number of esters is 1. The van der Waals surface area contributed by atoms with Crippen LogP contribution in [0.3, 0.4) is 0 Å². The number of nitrogen functional groups attached to an aromatic ring is 1. The zero-order valence-electron chi connectivity index (χ0n) is 22.4. The van der Waals surface area contributed by atoms with E-state index in [1.807, 2.05) is 4.57 Å². The predicted molar refractivity (Wildman–Crippen MR) is 145 cm³/mol. The lowest BCUT2D eigenvalue weighted by Gasteiger charge is -2.19. The molecular weight excluding hydrogens is 563 g/mol. The molecule has 1 fully saturated rings. The van der Waals surface area contributed by atoms with Gasteiger partial charge < -0.3 is 24.3 Å². The van der Waals surface area contributed by atoms with Gasteiger partial charge in [-0.3, -0.25) is 24.0 Å². The Hall–Kier alpha value is -3.10. The molecule has 1 saturated carbocycles. The molecule has 1 aromatic carbocycles. The number of hydrogen-bond donors (Lipinski definition) is 1. The highest BCUT2D eigenvalue weighted by Crippen LogP contribution is 2.48. The summed E-state index contributed by atoms with van der Waals surface area (Å²) in [4.78, 5) is 36.1. The molecule has 3 aromatic rings. The van der Waals surface area contributed by atoms with Crippen molar-refractivity contribution in [3.8, 4) is 0 Å². The molecule has 3 unspecified atom stereocenters. The number of nitrogens with zero attached hydrogens (tertiary/aromatic N) is 5. The first-order valence-corrected chi connectivity index (χ1v) is 14.3. The van der Waals surface area contributed by atoms with Crippen LogP contribution in [0.1, 0.15) is 34.1 Å². The molecule has 0 amide bonds. The van der Waals surface area contributed by atoms with Gasteiger partial charge in [-0.15, -0.1) is 0 Å². The third kappa shape index (κ3) is 7.34. The van der Waals surface area contributed by atoms with Crippen LogP contribution in [-0.2, 0) is 34.4 Å². The van der Waals surface area contributed by atoms with E-state index in [0.717, 1.165) is 11.3 Å². The molecule has 0 bridgehead atoms. The number of hydrogen-bond acceptors (Lipinski definition) is 13. The molecule has 1 aliphatic rings. The smallest absolute Gasteiger partial charge is 0.322 e. The van der Waals surface area contributed by atoms with E-state index in [4.69, 9.17) is 24.3 Å². The number of carbonyl (C=O) groups is 1. The van der Waals surface area contributed by atoms with Gasteiger partial charge in [0.15, 0.2) is 5.65 Å². The quantitative estimate of drug-likeness (QED) is 0.0560. The van der Waals surface area contributed by atoms with Crippen molar-refractivity contribution in [2.45, 2.75) is 56.2 Å². The molecule has 0 saturated heterocycles. The van der Waals surface area contributed by atoms with Crippen molar-refractivity contribution in [1.29, 1.82) is 0 Å². The van der Waals surface area contributed by atoms with E-state index < -0.39 is 37.0 Å². The molecule has 1 radical (unpaired) electrons. The van der Waals surface area contributed by atoms with Crippen LogP contribution in [0.25, 0.3) is 11.2 Å². The number of nitro groups is 1. The van der Waals surface area contributed by atoms with Crippen molar-refractivity contribution in [2.24, 2.45) is 11.3 Å². The number of non-ortho nitro benzene ring substituents is 1. The van der Waals surface area contributed by atoms with E-state index in [0.29, 0.717) is 22.7 Å². The number of benzene rings is 1. The summed E-state index contributed by atoms with van der Waals surface area (Å²) in [6.45, 7) is 8.42. The van der Waals surface area contributed by atoms with Gasteiger partial charge in [0, 0.05) is 17.0 Å². The summed E-state index contributed by atoms with van der Waals surface area (Å²) in [5.41, 5.74) is 5.85. The SMILES string of the molecule is CC1CC1(Cn1cnc2c(Sc3ccc([N+](=O)[O-])cc3)nc(N)nc21)OC[CH]O[PH](=O)OCOC(=O)C(C)(C)C. The van der Waals surface area contributed by atoms with Gasteiger partial charge in [-0.25, -0.2) is 9.97 Å². The normalized spacial score (nSPS) is 19.4. The molecule has 2 N–H and O–H groups in total. The summed E-state index contributed by atoms with van der Waals surface area (Å²) < 4.78 is 34.7. The van der Waals surface area contributed by atoms with Gasteiger partial charge >= 0.3 is 14.2 Å². The molecule has 1 aliphatic carbocycles. The van der Waals surface area contributed by atoms with Crippen LogP contribution in [0.2, 0.25) is 0 Å². The molecule has 215 valence electrons. The van der Waals surface area contributed by atoms with E-state index in [9.17, 15) is 19.5 Å². The first-order valence-electron chi connectivity index (χ1n) is 12.2. The van der Waals surface area contributed by atoms with Crippen LogP contribution < -0.4 is 5.73 Å². The standard InChI is InChI=1S/C24H30N6O8PS/c1-15-11-24(15,36-9-10-37-39(34)38-14-35-21(31)23(2,3)4)12-29-13-26-18-19(29)27-22(25)28-20(18)40-17-7-5-16(6-8-17)30(32)33/h5-8,10,13,15,39H,9,11-12,14H2,1-4H3,(H2,25,27,28). The summed E-state index contributed by atoms with van der Waals surface area (Å²) in [7, 11) is -2.90. The molecule has 16 heteroatoms. The topological polar surface area (TPSA) is 184 Å². The predicted octanol–water partition coefficient (Wildman–Crippen LogP) is 4.39. The van der Waals surface area contributed by atoms with Crippen molar-refractivity contribution in [2.75, 3.05) is 19.1 Å². The number of rotatable bonds is 13. The van der Waals surface area contributed by atoms with Crippen LogP contribution in [0.4, 0.5) is 11.6 Å². The second-order valence-corrected chi connectivity index (χ2v) is 12.3. The summed E-state index contributed by atoms with van der Waals surface area (Å²) >= 11 is 1.28. The van der Waals surface area contributed by atoms with Crippen LogP contribution in [0.5, 0.6) is 0 Å². The number of fused-ring (bicyclic) bond motifs is 1. The lowest BCUT2D eigenvalue weighted by Crippen LogP contribution is -2.25. The van der Waals surface area contributed by atoms with Crippen molar-refractivity contribution in [1.82, 2.24) is 19.5 Å². The molecule has 4 rings (SSSR count). The van der Waals surface area contributed by atoms with E-state index in [-0.39, 0.29) is 24.2 Å². The van der Waals surface area contributed by atoms with Crippen molar-refractivity contribution in [3.63, 3.8) is 0 Å². The highest BCUT2D eigenvalue weighted by Gasteiger charge is 2.53. The molecule has 3 atom stereocenters. The Morgan fingerprint density at radius 3 is 2.65 bits per heavy atom. The Kier molecular flexibility index (Phi) is 9.10. The van der Waals surface area contributed by atoms with Crippen LogP contribution in [-0.4, -0.2) is 49.4 Å². The molecule has 0 aliphatic heterocycles. The monoisotopic (exact) mass is 593 g/mol. The molecule has 2 aromatic heterocycles. The van der Waals surface area contributed by atoms with Gasteiger partial charge in [0.25, 0.3) is 5.69 Å². The molecular formula is C24H30N6O8PS. The number of nitro benzene ring substituents is 1. The fourth-order valence-electron chi connectivity index (χ4n) is 3.77. The first-order chi connectivity index (χ1) is 18.9. The minimum absolute atomic E-state index is 0.00547. The lowest BCUT2D eigenvalue weighted by atomic mass is 9.98. The number of ether oxygens (including phenoxy) is 2. The number of carbonyl (C=O) groups excluding carboxylic acids is 1. The van der Waals surface area contributed by atoms with E-state index in [2.05, 4.69) is 21.9 Å². The van der Waals surface area contributed by atoms with E-state index >= 15 is 0 Å². The van der Waals surface area contributed by atoms with Crippen molar-refractivity contribution >= 4 is 48.8 Å². The lowest BCUT2D eigenvalue weighted by molar-refractivity contribution is -0.384. The largest absolute Gasteiger partial charge is 0.438 e. The minimum atomic E-state index is -2.90. The Labute approximate surface area is 235 Å². The maximum atomic E-state index is 11.9. The van der Waals surface area contributed by atoms with Gasteiger partial charge in [-0.1, -0.05) is 18.7 Å². The van der Waals surface area contributed by atoms with Crippen LogP contribution in [0, 0.1) is 28.1 Å². The number of anilines is 1. The van der Waals surface area contributed by atoms with Gasteiger partial charge in [-0.2, -0.15) is 4.98 Å². The number of nitrogens with two attached hydrogens (primary N) is 1. The zero-order valence-corrected chi connectivity index (χ0v) is 24.2. The number of aromatic nitrogens is 4. The Morgan fingerprint density at radius 2 is 2.02 bits per heavy atom. The van der Waals surface area contributed by atoms with Gasteiger partial charge in [0.2, 0.25) is 12.7 Å². The maximum Gasteiger partial charge on any atom is 0.322 e. The van der Waals surface area contributed by atoms with Gasteiger partial charge in [-0.05, 0) is 45.2 Å². The fraction of sp³-hybridized carbons (Fsp3) is 0.458. The van der Waals surface area contributed by atoms with Crippen molar-refractivity contribution in [3.05, 3.63) is 47.3 Å². The molecule has 0 spiro atoms. The molecule has 2 heterocycles. The van der Waals surface area contributed by atoms with E-state index in [1.165, 1.54) is 30.5 Å². The summed E-state index contributed by atoms with van der Waals surface area (Å²) in [6, 6.07) is 6.11. The number of imidazole rings is 1. The second kappa shape index (κ2) is 12.2. The third-order valence-corrected chi connectivity index (χ3v) is 7.84. The maximum absolute atomic E-state index is 11.9. The molecule has 14 nitrogen and oxygen atoms in total. The van der Waals surface area contributed by atoms with Gasteiger partial charge in [0.1, 0.15) is 17.1 Å². The van der Waals surface area contributed by atoms with Gasteiger partial charge in [0.05, 0.1) is 35.4 Å². The van der Waals surface area contributed by atoms with Crippen LogP contribution in [0.15, 0.2) is 40.5 Å².